The number of rotatable bonds is 7. The minimum Gasteiger partial charge on any atom is -0.368 e. The van der Waals surface area contributed by atoms with Gasteiger partial charge >= 0.3 is 0 Å². The number of nitrogens with zero attached hydrogens (tertiary/aromatic N) is 3. The Morgan fingerprint density at radius 2 is 1.69 bits per heavy atom. The van der Waals surface area contributed by atoms with Crippen LogP contribution in [0.1, 0.15) is 15.2 Å². The summed E-state index contributed by atoms with van der Waals surface area (Å²) < 4.78 is 28.5. The maximum absolute atomic E-state index is 13.0. The third kappa shape index (κ3) is 4.90. The molecule has 0 unspecified atom stereocenters. The Hall–Kier alpha value is -3.01. The van der Waals surface area contributed by atoms with E-state index in [1.165, 1.54) is 42.0 Å². The Morgan fingerprint density at radius 1 is 1.06 bits per heavy atom. The van der Waals surface area contributed by atoms with Crippen LogP contribution in [0.25, 0.3) is 21.6 Å². The molecule has 0 atom stereocenters. The molecule has 1 amide bonds. The zero-order valence-corrected chi connectivity index (χ0v) is 20.1. The second-order valence-electron chi connectivity index (χ2n) is 7.22. The number of hydrogen-bond acceptors (Lipinski definition) is 5. The molecule has 1 aromatic heterocycles. The quantitative estimate of drug-likeness (QED) is 0.295. The van der Waals surface area contributed by atoms with E-state index in [9.17, 15) is 13.2 Å². The van der Waals surface area contributed by atoms with E-state index in [0.717, 1.165) is 27.1 Å². The number of carbonyl (C=O) groups excluding carboxylic acids is 1. The molecule has 0 fully saturated rings. The van der Waals surface area contributed by atoms with Crippen LogP contribution in [0.4, 0.5) is 0 Å². The molecule has 0 N–H and O–H groups in total. The topological polar surface area (TPSA) is 79.3 Å². The molecule has 1 heterocycles. The first-order valence-corrected chi connectivity index (χ1v) is 11.9. The molecule has 0 saturated heterocycles. The number of hydroxylamine groups is 2. The van der Waals surface area contributed by atoms with Gasteiger partial charge in [0.2, 0.25) is 0 Å². The number of thiophene rings is 1. The van der Waals surface area contributed by atoms with Crippen molar-refractivity contribution in [3.63, 3.8) is 0 Å². The van der Waals surface area contributed by atoms with Gasteiger partial charge in [0.1, 0.15) is 11.2 Å². The molecule has 0 aliphatic heterocycles. The molecule has 9 heteroatoms. The minimum absolute atomic E-state index is 0.0768. The van der Waals surface area contributed by atoms with Crippen LogP contribution in [-0.2, 0) is 14.9 Å². The highest BCUT2D eigenvalue weighted by Gasteiger charge is 2.25. The third-order valence-corrected chi connectivity index (χ3v) is 7.31. The van der Waals surface area contributed by atoms with Gasteiger partial charge in [-0.1, -0.05) is 36.4 Å². The highest BCUT2D eigenvalue weighted by atomic mass is 32.2. The summed E-state index contributed by atoms with van der Waals surface area (Å²) in [6, 6.07) is 16.9. The van der Waals surface area contributed by atoms with Gasteiger partial charge in [-0.3, -0.25) is 9.63 Å². The highest BCUT2D eigenvalue weighted by molar-refractivity contribution is 7.90. The maximum Gasteiger partial charge on any atom is 0.287 e. The summed E-state index contributed by atoms with van der Waals surface area (Å²) in [6.07, 6.45) is 1.24. The van der Waals surface area contributed by atoms with Crippen molar-refractivity contribution in [3.8, 4) is 21.6 Å². The molecule has 7 nitrogen and oxygen atoms in total. The summed E-state index contributed by atoms with van der Waals surface area (Å²) in [4.78, 5) is 21.2. The summed E-state index contributed by atoms with van der Waals surface area (Å²) in [5, 5.41) is 1.17. The minimum atomic E-state index is -3.81. The molecule has 1 radical (unpaired) electrons. The average Bonchev–Trinajstić information content (AvgIpc) is 3.14. The van der Waals surface area contributed by atoms with Gasteiger partial charge in [-0.15, -0.1) is 15.7 Å². The van der Waals surface area contributed by atoms with Gasteiger partial charge in [0.05, 0.1) is 12.0 Å². The van der Waals surface area contributed by atoms with Crippen LogP contribution in [0, 0.1) is 13.0 Å². The fourth-order valence-corrected chi connectivity index (χ4v) is 5.28. The fraction of sp³-hybridized carbons (Fsp3) is 0.217. The lowest BCUT2D eigenvalue weighted by Crippen LogP contribution is -2.25. The lowest BCUT2D eigenvalue weighted by Gasteiger charge is -2.14. The fourth-order valence-electron chi connectivity index (χ4n) is 3.06. The van der Waals surface area contributed by atoms with E-state index in [2.05, 4.69) is 10.5 Å². The van der Waals surface area contributed by atoms with Crippen molar-refractivity contribution >= 4 is 33.6 Å². The molecular weight excluding hydrogens is 446 g/mol. The van der Waals surface area contributed by atoms with Crippen molar-refractivity contribution in [3.05, 3.63) is 65.0 Å². The molecule has 0 bridgehead atoms. The number of carbonyl (C=O) groups is 1. The molecule has 3 rings (SSSR count). The number of amides is 1. The van der Waals surface area contributed by atoms with Gasteiger partial charge in [-0.25, -0.2) is 5.06 Å². The number of benzene rings is 2. The predicted molar refractivity (Wildman–Crippen MR) is 127 cm³/mol. The van der Waals surface area contributed by atoms with Crippen molar-refractivity contribution in [2.45, 2.75) is 11.8 Å². The van der Waals surface area contributed by atoms with E-state index in [0.29, 0.717) is 4.88 Å². The first-order valence-electron chi connectivity index (χ1n) is 9.65. The molecule has 0 aliphatic rings. The molecule has 0 spiro atoms. The first-order chi connectivity index (χ1) is 15.2. The Morgan fingerprint density at radius 3 is 2.25 bits per heavy atom. The van der Waals surface area contributed by atoms with Crippen molar-refractivity contribution in [1.29, 1.82) is 0 Å². The lowest BCUT2D eigenvalue weighted by atomic mass is 9.99. The Bertz CT molecular complexity index is 1230. The van der Waals surface area contributed by atoms with Gasteiger partial charge < -0.3 is 4.90 Å². The number of sulfonamides is 1. The van der Waals surface area contributed by atoms with E-state index >= 15 is 0 Å². The van der Waals surface area contributed by atoms with Crippen LogP contribution in [0.15, 0.2) is 57.8 Å². The summed E-state index contributed by atoms with van der Waals surface area (Å²) in [5.74, 6) is -0.281. The largest absolute Gasteiger partial charge is 0.368 e. The molecule has 2 aromatic carbocycles. The Kier molecular flexibility index (Phi) is 7.12. The van der Waals surface area contributed by atoms with Crippen molar-refractivity contribution in [1.82, 2.24) is 9.96 Å². The SMILES string of the molecule is CON(C)C(=O)c1sc(-c2cc[c]cc2)c(C)c1-c1ccc(S(=O)(=O)N=CN(C)C)cc1. The highest BCUT2D eigenvalue weighted by Crippen LogP contribution is 2.42. The van der Waals surface area contributed by atoms with Crippen LogP contribution in [-0.4, -0.2) is 58.9 Å². The molecule has 0 saturated carbocycles. The smallest absolute Gasteiger partial charge is 0.287 e. The van der Waals surface area contributed by atoms with Crippen LogP contribution in [0.3, 0.4) is 0 Å². The molecule has 32 heavy (non-hydrogen) atoms. The van der Waals surface area contributed by atoms with E-state index in [4.69, 9.17) is 4.84 Å². The summed E-state index contributed by atoms with van der Waals surface area (Å²) in [7, 11) is 2.56. The summed E-state index contributed by atoms with van der Waals surface area (Å²) in [6.45, 7) is 1.95. The standard InChI is InChI=1S/C23H24N3O4S2/c1-16-20(17-11-13-19(14-12-17)32(28,29)24-15-25(2)3)22(23(27)26(4)30-5)31-21(16)18-9-7-6-8-10-18/h7-15H,1-5H3. The molecule has 167 valence electrons. The second kappa shape index (κ2) is 9.64. The van der Waals surface area contributed by atoms with Crippen molar-refractivity contribution in [2.24, 2.45) is 4.40 Å². The van der Waals surface area contributed by atoms with Crippen molar-refractivity contribution in [2.75, 3.05) is 28.3 Å². The van der Waals surface area contributed by atoms with Gasteiger partial charge in [-0.05, 0) is 41.8 Å². The van der Waals surface area contributed by atoms with Gasteiger partial charge in [0.25, 0.3) is 15.9 Å². The Labute approximate surface area is 192 Å². The number of hydrogen-bond donors (Lipinski definition) is 0. The average molecular weight is 471 g/mol. The third-order valence-electron chi connectivity index (χ3n) is 4.74. The van der Waals surface area contributed by atoms with Crippen LogP contribution in [0.5, 0.6) is 0 Å². The zero-order chi connectivity index (χ0) is 23.5. The maximum atomic E-state index is 13.0. The second-order valence-corrected chi connectivity index (χ2v) is 9.87. The predicted octanol–water partition coefficient (Wildman–Crippen LogP) is 4.10. The monoisotopic (exact) mass is 470 g/mol. The van der Waals surface area contributed by atoms with E-state index in [1.807, 2.05) is 31.2 Å². The normalized spacial score (nSPS) is 11.7. The van der Waals surface area contributed by atoms with E-state index in [1.54, 1.807) is 38.2 Å². The molecule has 0 aliphatic carbocycles. The zero-order valence-electron chi connectivity index (χ0n) is 18.5. The van der Waals surface area contributed by atoms with Gasteiger partial charge in [0, 0.05) is 31.6 Å². The lowest BCUT2D eigenvalue weighted by molar-refractivity contribution is -0.0753. The van der Waals surface area contributed by atoms with E-state index < -0.39 is 10.0 Å². The van der Waals surface area contributed by atoms with Crippen LogP contribution < -0.4 is 0 Å². The first kappa shape index (κ1) is 23.6. The van der Waals surface area contributed by atoms with Crippen LogP contribution in [0.2, 0.25) is 0 Å². The van der Waals surface area contributed by atoms with Gasteiger partial charge in [0.15, 0.2) is 0 Å². The Balaban J connectivity index is 2.12. The summed E-state index contributed by atoms with van der Waals surface area (Å²) >= 11 is 1.37. The molecule has 3 aromatic rings. The summed E-state index contributed by atoms with van der Waals surface area (Å²) in [5.41, 5.74) is 3.38. The van der Waals surface area contributed by atoms with E-state index in [-0.39, 0.29) is 10.8 Å². The van der Waals surface area contributed by atoms with Gasteiger partial charge in [-0.2, -0.15) is 8.42 Å². The molecular formula is C23H24N3O4S2. The van der Waals surface area contributed by atoms with Crippen LogP contribution >= 0.6 is 11.3 Å². The van der Waals surface area contributed by atoms with Crippen molar-refractivity contribution < 1.29 is 18.0 Å².